The molecule has 2 amide bonds. The molecule has 2 N–H and O–H groups in total. The van der Waals surface area contributed by atoms with Crippen LogP contribution in [0.15, 0.2) is 22.8 Å². The van der Waals surface area contributed by atoms with Gasteiger partial charge in [-0.2, -0.15) is 0 Å². The molecule has 6 heteroatoms. The van der Waals surface area contributed by atoms with Crippen LogP contribution in [0.2, 0.25) is 0 Å². The van der Waals surface area contributed by atoms with Crippen LogP contribution in [0.5, 0.6) is 0 Å². The fraction of sp³-hybridized carbons (Fsp3) is 0.538. The molecule has 0 aromatic carbocycles. The number of carbonyl (C=O) groups excluding carboxylic acids is 2. The Morgan fingerprint density at radius 3 is 3.00 bits per heavy atom. The first-order valence-corrected chi connectivity index (χ1v) is 6.34. The fourth-order valence-corrected chi connectivity index (χ4v) is 2.24. The molecule has 2 atom stereocenters. The lowest BCUT2D eigenvalue weighted by Crippen LogP contribution is -2.39. The zero-order valence-electron chi connectivity index (χ0n) is 10.8. The SMILES string of the molecule is CC(O)C1CCN(CC(=O)NC(=O)c2ccco2)C1. The van der Waals surface area contributed by atoms with Crippen molar-refractivity contribution in [2.45, 2.75) is 19.4 Å². The Kier molecular flexibility index (Phi) is 4.34. The Bertz CT molecular complexity index is 442. The summed E-state index contributed by atoms with van der Waals surface area (Å²) in [6.07, 6.45) is 1.89. The van der Waals surface area contributed by atoms with E-state index in [0.29, 0.717) is 6.54 Å². The van der Waals surface area contributed by atoms with Gasteiger partial charge in [0.15, 0.2) is 5.76 Å². The molecular weight excluding hydrogens is 248 g/mol. The van der Waals surface area contributed by atoms with Gasteiger partial charge in [0.05, 0.1) is 18.9 Å². The molecule has 2 unspecified atom stereocenters. The lowest BCUT2D eigenvalue weighted by molar-refractivity contribution is -0.121. The van der Waals surface area contributed by atoms with E-state index in [9.17, 15) is 14.7 Å². The van der Waals surface area contributed by atoms with Crippen LogP contribution in [-0.4, -0.2) is 47.6 Å². The molecule has 1 saturated heterocycles. The van der Waals surface area contributed by atoms with Crippen molar-refractivity contribution >= 4 is 11.8 Å². The van der Waals surface area contributed by atoms with E-state index in [-0.39, 0.29) is 30.2 Å². The summed E-state index contributed by atoms with van der Waals surface area (Å²) in [5.41, 5.74) is 0. The number of nitrogens with zero attached hydrogens (tertiary/aromatic N) is 1. The van der Waals surface area contributed by atoms with Crippen molar-refractivity contribution < 1.29 is 19.1 Å². The Morgan fingerprint density at radius 2 is 2.42 bits per heavy atom. The number of likely N-dealkylation sites (tertiary alicyclic amines) is 1. The third-order valence-corrected chi connectivity index (χ3v) is 3.36. The summed E-state index contributed by atoms with van der Waals surface area (Å²) in [5, 5.41) is 11.8. The highest BCUT2D eigenvalue weighted by molar-refractivity contribution is 6.03. The molecule has 6 nitrogen and oxygen atoms in total. The molecule has 2 heterocycles. The van der Waals surface area contributed by atoms with Crippen molar-refractivity contribution in [3.05, 3.63) is 24.2 Å². The third kappa shape index (κ3) is 3.65. The number of carbonyl (C=O) groups is 2. The quantitative estimate of drug-likeness (QED) is 0.815. The van der Waals surface area contributed by atoms with Crippen LogP contribution in [0.25, 0.3) is 0 Å². The van der Waals surface area contributed by atoms with Gasteiger partial charge in [0, 0.05) is 6.54 Å². The first-order valence-electron chi connectivity index (χ1n) is 6.34. The summed E-state index contributed by atoms with van der Waals surface area (Å²) in [7, 11) is 0. The summed E-state index contributed by atoms with van der Waals surface area (Å²) in [6.45, 7) is 3.36. The van der Waals surface area contributed by atoms with Crippen molar-refractivity contribution in [2.75, 3.05) is 19.6 Å². The number of aliphatic hydroxyl groups excluding tert-OH is 1. The molecule has 0 saturated carbocycles. The van der Waals surface area contributed by atoms with Gasteiger partial charge in [-0.3, -0.25) is 19.8 Å². The monoisotopic (exact) mass is 266 g/mol. The predicted molar refractivity (Wildman–Crippen MR) is 67.4 cm³/mol. The molecule has 1 aliphatic rings. The van der Waals surface area contributed by atoms with Gasteiger partial charge in [-0.1, -0.05) is 0 Å². The van der Waals surface area contributed by atoms with Crippen LogP contribution in [0, 0.1) is 5.92 Å². The number of nitrogens with one attached hydrogen (secondary N) is 1. The Labute approximate surface area is 111 Å². The lowest BCUT2D eigenvalue weighted by atomic mass is 10.0. The van der Waals surface area contributed by atoms with E-state index < -0.39 is 5.91 Å². The van der Waals surface area contributed by atoms with E-state index in [1.807, 2.05) is 4.90 Å². The minimum absolute atomic E-state index is 0.122. The van der Waals surface area contributed by atoms with E-state index in [2.05, 4.69) is 5.32 Å². The summed E-state index contributed by atoms with van der Waals surface area (Å²) in [4.78, 5) is 25.2. The molecular formula is C13H18N2O4. The zero-order valence-corrected chi connectivity index (χ0v) is 10.8. The van der Waals surface area contributed by atoms with Gasteiger partial charge in [-0.05, 0) is 37.9 Å². The number of furan rings is 1. The van der Waals surface area contributed by atoms with Crippen LogP contribution in [0.4, 0.5) is 0 Å². The third-order valence-electron chi connectivity index (χ3n) is 3.36. The average molecular weight is 266 g/mol. The maximum absolute atomic E-state index is 11.7. The van der Waals surface area contributed by atoms with Crippen molar-refractivity contribution in [1.29, 1.82) is 0 Å². The molecule has 1 aromatic rings. The van der Waals surface area contributed by atoms with E-state index in [1.54, 1.807) is 13.0 Å². The summed E-state index contributed by atoms with van der Waals surface area (Å²) < 4.78 is 4.90. The largest absolute Gasteiger partial charge is 0.459 e. The Balaban J connectivity index is 1.78. The molecule has 2 rings (SSSR count). The molecule has 1 aromatic heterocycles. The maximum Gasteiger partial charge on any atom is 0.293 e. The number of imide groups is 1. The van der Waals surface area contributed by atoms with E-state index >= 15 is 0 Å². The summed E-state index contributed by atoms with van der Waals surface area (Å²) >= 11 is 0. The van der Waals surface area contributed by atoms with Gasteiger partial charge in [0.1, 0.15) is 0 Å². The lowest BCUT2D eigenvalue weighted by Gasteiger charge is -2.16. The van der Waals surface area contributed by atoms with Crippen LogP contribution < -0.4 is 5.32 Å². The first kappa shape index (κ1) is 13.8. The molecule has 1 aliphatic heterocycles. The highest BCUT2D eigenvalue weighted by Crippen LogP contribution is 2.18. The molecule has 0 radical (unpaired) electrons. The second-order valence-electron chi connectivity index (χ2n) is 4.88. The topological polar surface area (TPSA) is 82.8 Å². The number of aliphatic hydroxyl groups is 1. The van der Waals surface area contributed by atoms with Gasteiger partial charge in [-0.25, -0.2) is 0 Å². The van der Waals surface area contributed by atoms with Gasteiger partial charge in [0.2, 0.25) is 5.91 Å². The summed E-state index contributed by atoms with van der Waals surface area (Å²) in [6, 6.07) is 3.09. The maximum atomic E-state index is 11.7. The van der Waals surface area contributed by atoms with Crippen LogP contribution in [0.3, 0.4) is 0 Å². The van der Waals surface area contributed by atoms with E-state index in [4.69, 9.17) is 4.42 Å². The zero-order chi connectivity index (χ0) is 13.8. The molecule has 0 bridgehead atoms. The summed E-state index contributed by atoms with van der Waals surface area (Å²) in [5.74, 6) is -0.556. The van der Waals surface area contributed by atoms with Gasteiger partial charge < -0.3 is 9.52 Å². The minimum atomic E-state index is -0.527. The predicted octanol–water partition coefficient (Wildman–Crippen LogP) is 0.239. The number of rotatable bonds is 4. The van der Waals surface area contributed by atoms with Crippen molar-refractivity contribution in [3.8, 4) is 0 Å². The van der Waals surface area contributed by atoms with Crippen LogP contribution in [0.1, 0.15) is 23.9 Å². The molecule has 0 aliphatic carbocycles. The Hall–Kier alpha value is -1.66. The first-order chi connectivity index (χ1) is 9.06. The van der Waals surface area contributed by atoms with Crippen molar-refractivity contribution in [2.24, 2.45) is 5.92 Å². The second-order valence-corrected chi connectivity index (χ2v) is 4.88. The van der Waals surface area contributed by atoms with Crippen molar-refractivity contribution in [1.82, 2.24) is 10.2 Å². The van der Waals surface area contributed by atoms with E-state index in [1.165, 1.54) is 12.3 Å². The second kappa shape index (κ2) is 5.99. The molecule has 19 heavy (non-hydrogen) atoms. The number of amides is 2. The highest BCUT2D eigenvalue weighted by Gasteiger charge is 2.27. The molecule has 1 fully saturated rings. The fourth-order valence-electron chi connectivity index (χ4n) is 2.24. The molecule has 0 spiro atoms. The smallest absolute Gasteiger partial charge is 0.293 e. The van der Waals surface area contributed by atoms with Gasteiger partial charge in [0.25, 0.3) is 5.91 Å². The highest BCUT2D eigenvalue weighted by atomic mass is 16.3. The number of hydrogen-bond acceptors (Lipinski definition) is 5. The van der Waals surface area contributed by atoms with Crippen molar-refractivity contribution in [3.63, 3.8) is 0 Å². The standard InChI is InChI=1S/C13H18N2O4/c1-9(16)10-4-5-15(7-10)8-12(17)14-13(18)11-3-2-6-19-11/h2-3,6,9-10,16H,4-5,7-8H2,1H3,(H,14,17,18). The Morgan fingerprint density at radius 1 is 1.63 bits per heavy atom. The average Bonchev–Trinajstić information content (AvgIpc) is 2.98. The van der Waals surface area contributed by atoms with Gasteiger partial charge >= 0.3 is 0 Å². The minimum Gasteiger partial charge on any atom is -0.459 e. The van der Waals surface area contributed by atoms with Crippen LogP contribution >= 0.6 is 0 Å². The number of hydrogen-bond donors (Lipinski definition) is 2. The van der Waals surface area contributed by atoms with Crippen LogP contribution in [-0.2, 0) is 4.79 Å². The van der Waals surface area contributed by atoms with Gasteiger partial charge in [-0.15, -0.1) is 0 Å². The normalized spacial score (nSPS) is 21.3. The van der Waals surface area contributed by atoms with E-state index in [0.717, 1.165) is 13.0 Å². The molecule has 104 valence electrons.